The molecular formula is C16H12N2S2. The summed E-state index contributed by atoms with van der Waals surface area (Å²) < 4.78 is 0. The Morgan fingerprint density at radius 2 is 1.95 bits per heavy atom. The van der Waals surface area contributed by atoms with Crippen LogP contribution in [0.3, 0.4) is 0 Å². The quantitative estimate of drug-likeness (QED) is 0.735. The molecule has 1 N–H and O–H groups in total. The molecule has 2 aromatic carbocycles. The van der Waals surface area contributed by atoms with Gasteiger partial charge in [-0.25, -0.2) is 4.99 Å². The van der Waals surface area contributed by atoms with Crippen molar-refractivity contribution in [1.29, 1.82) is 0 Å². The second-order valence-electron chi connectivity index (χ2n) is 5.26. The van der Waals surface area contributed by atoms with E-state index in [2.05, 4.69) is 48.7 Å². The molecule has 0 unspecified atom stereocenters. The second kappa shape index (κ2) is 3.62. The molecule has 98 valence electrons. The van der Waals surface area contributed by atoms with Crippen LogP contribution in [-0.2, 0) is 0 Å². The van der Waals surface area contributed by atoms with E-state index >= 15 is 0 Å². The van der Waals surface area contributed by atoms with Crippen LogP contribution in [0.25, 0.3) is 10.8 Å². The Kier molecular flexibility index (Phi) is 2.05. The van der Waals surface area contributed by atoms with Crippen molar-refractivity contribution in [2.45, 2.75) is 28.0 Å². The van der Waals surface area contributed by atoms with E-state index in [1.807, 2.05) is 23.5 Å². The summed E-state index contributed by atoms with van der Waals surface area (Å²) in [5, 5.41) is 7.50. The average Bonchev–Trinajstić information content (AvgIpc) is 3.22. The summed E-state index contributed by atoms with van der Waals surface area (Å²) in [6.45, 7) is 2.17. The van der Waals surface area contributed by atoms with Crippen molar-refractivity contribution < 1.29 is 0 Å². The number of thioether (sulfide) groups is 2. The Bertz CT molecular complexity index is 816. The van der Waals surface area contributed by atoms with Crippen LogP contribution in [-0.4, -0.2) is 9.91 Å². The van der Waals surface area contributed by atoms with E-state index in [4.69, 9.17) is 4.99 Å². The van der Waals surface area contributed by atoms with Gasteiger partial charge >= 0.3 is 0 Å². The topological polar surface area (TPSA) is 24.4 Å². The highest BCUT2D eigenvalue weighted by Gasteiger charge is 2.40. The Balaban J connectivity index is 1.83. The molecule has 2 aliphatic heterocycles. The Morgan fingerprint density at radius 1 is 1.10 bits per heavy atom. The zero-order valence-corrected chi connectivity index (χ0v) is 12.6. The van der Waals surface area contributed by atoms with Crippen molar-refractivity contribution >= 4 is 50.7 Å². The molecule has 0 bridgehead atoms. The number of rotatable bonds is 1. The number of aliphatic imine (C=N–C) groups is 1. The lowest BCUT2D eigenvalue weighted by Crippen LogP contribution is -2.22. The molecular weight excluding hydrogens is 284 g/mol. The molecule has 0 saturated carbocycles. The normalized spacial score (nSPS) is 19.9. The lowest BCUT2D eigenvalue weighted by molar-refractivity contribution is 1.15. The molecule has 5 rings (SSSR count). The van der Waals surface area contributed by atoms with Crippen molar-refractivity contribution in [3.8, 4) is 0 Å². The Hall–Kier alpha value is -1.39. The van der Waals surface area contributed by atoms with Crippen LogP contribution in [0, 0.1) is 0 Å². The summed E-state index contributed by atoms with van der Waals surface area (Å²) in [4.78, 5) is 7.54. The maximum absolute atomic E-state index is 4.80. The van der Waals surface area contributed by atoms with Crippen LogP contribution in [0.2, 0.25) is 0 Å². The molecule has 0 fully saturated rings. The summed E-state index contributed by atoms with van der Waals surface area (Å²) >= 11 is 3.71. The SMILES string of the molecule is CCC1=Nc2ccc3c4c(ccc(c24)S1)NC1(C=C1)S3. The van der Waals surface area contributed by atoms with E-state index in [9.17, 15) is 0 Å². The molecule has 0 amide bonds. The second-order valence-corrected chi connectivity index (χ2v) is 7.69. The van der Waals surface area contributed by atoms with Crippen molar-refractivity contribution in [2.75, 3.05) is 5.32 Å². The van der Waals surface area contributed by atoms with Gasteiger partial charge in [-0.15, -0.1) is 0 Å². The highest BCUT2D eigenvalue weighted by Crippen LogP contribution is 2.55. The molecule has 1 spiro atoms. The van der Waals surface area contributed by atoms with Gasteiger partial charge in [-0.2, -0.15) is 0 Å². The number of nitrogens with zero attached hydrogens (tertiary/aromatic N) is 1. The third-order valence-corrected chi connectivity index (χ3v) is 6.36. The maximum atomic E-state index is 4.80. The maximum Gasteiger partial charge on any atom is 0.126 e. The van der Waals surface area contributed by atoms with Gasteiger partial charge < -0.3 is 5.32 Å². The van der Waals surface area contributed by atoms with E-state index in [-0.39, 0.29) is 4.87 Å². The summed E-state index contributed by atoms with van der Waals surface area (Å²) in [5.74, 6) is 0. The van der Waals surface area contributed by atoms with Gasteiger partial charge in [0, 0.05) is 26.3 Å². The van der Waals surface area contributed by atoms with Gasteiger partial charge in [0.05, 0.1) is 10.7 Å². The first-order chi connectivity index (χ1) is 9.78. The zero-order valence-electron chi connectivity index (χ0n) is 10.9. The van der Waals surface area contributed by atoms with Gasteiger partial charge in [0.1, 0.15) is 4.87 Å². The van der Waals surface area contributed by atoms with Crippen LogP contribution < -0.4 is 5.32 Å². The monoisotopic (exact) mass is 296 g/mol. The number of hydrogen-bond donors (Lipinski definition) is 1. The van der Waals surface area contributed by atoms with Crippen LogP contribution >= 0.6 is 23.5 Å². The largest absolute Gasteiger partial charge is 0.363 e. The average molecular weight is 296 g/mol. The van der Waals surface area contributed by atoms with E-state index in [1.54, 1.807) is 0 Å². The fourth-order valence-corrected chi connectivity index (χ4v) is 5.03. The fraction of sp³-hybridized carbons (Fsp3) is 0.188. The van der Waals surface area contributed by atoms with Crippen molar-refractivity contribution in [2.24, 2.45) is 4.99 Å². The first-order valence-electron chi connectivity index (χ1n) is 6.81. The van der Waals surface area contributed by atoms with E-state index < -0.39 is 0 Å². The van der Waals surface area contributed by atoms with E-state index in [1.165, 1.54) is 31.3 Å². The van der Waals surface area contributed by atoms with E-state index in [0.717, 1.165) is 12.1 Å². The smallest absolute Gasteiger partial charge is 0.126 e. The highest BCUT2D eigenvalue weighted by atomic mass is 32.2. The Labute approximate surface area is 125 Å². The minimum Gasteiger partial charge on any atom is -0.363 e. The predicted octanol–water partition coefficient (Wildman–Crippen LogP) is 5.17. The van der Waals surface area contributed by atoms with Crippen LogP contribution in [0.1, 0.15) is 13.3 Å². The molecule has 20 heavy (non-hydrogen) atoms. The van der Waals surface area contributed by atoms with Gasteiger partial charge in [-0.3, -0.25) is 0 Å². The molecule has 0 aromatic heterocycles. The third-order valence-electron chi connectivity index (χ3n) is 3.92. The number of benzene rings is 2. The van der Waals surface area contributed by atoms with Crippen LogP contribution in [0.4, 0.5) is 11.4 Å². The summed E-state index contributed by atoms with van der Waals surface area (Å²) in [6, 6.07) is 8.86. The van der Waals surface area contributed by atoms with Gasteiger partial charge in [0.25, 0.3) is 0 Å². The molecule has 1 aliphatic carbocycles. The minimum atomic E-state index is 0.0398. The predicted molar refractivity (Wildman–Crippen MR) is 88.5 cm³/mol. The number of anilines is 1. The van der Waals surface area contributed by atoms with Gasteiger partial charge in [0.15, 0.2) is 0 Å². The molecule has 3 aliphatic rings. The molecule has 2 nitrogen and oxygen atoms in total. The summed E-state index contributed by atoms with van der Waals surface area (Å²) in [5.41, 5.74) is 2.36. The fourth-order valence-electron chi connectivity index (χ4n) is 2.86. The van der Waals surface area contributed by atoms with E-state index in [0.29, 0.717) is 0 Å². The number of nitrogens with one attached hydrogen (secondary N) is 1. The molecule has 4 heteroatoms. The first kappa shape index (κ1) is 11.3. The van der Waals surface area contributed by atoms with Crippen molar-refractivity contribution in [3.05, 3.63) is 36.4 Å². The lowest BCUT2D eigenvalue weighted by atomic mass is 10.1. The molecule has 0 atom stereocenters. The standard InChI is InChI=1S/C16H12N2S2/c1-2-13-17-9-3-6-12-15-10(18-16(20-12)7-8-16)4-5-11(19-13)14(9)15/h3-8,18H,2H2,1H3. The van der Waals surface area contributed by atoms with Crippen LogP contribution in [0.15, 0.2) is 51.2 Å². The first-order valence-corrected chi connectivity index (χ1v) is 8.44. The van der Waals surface area contributed by atoms with Gasteiger partial charge in [-0.05, 0) is 42.8 Å². The summed E-state index contributed by atoms with van der Waals surface area (Å²) in [6.07, 6.45) is 5.44. The highest BCUT2D eigenvalue weighted by molar-refractivity contribution is 8.14. The lowest BCUT2D eigenvalue weighted by Gasteiger charge is -2.29. The van der Waals surface area contributed by atoms with Gasteiger partial charge in [-0.1, -0.05) is 30.4 Å². The molecule has 2 aromatic rings. The van der Waals surface area contributed by atoms with Crippen LogP contribution in [0.5, 0.6) is 0 Å². The van der Waals surface area contributed by atoms with Crippen molar-refractivity contribution in [3.63, 3.8) is 0 Å². The third kappa shape index (κ3) is 1.41. The Morgan fingerprint density at radius 3 is 2.75 bits per heavy atom. The molecule has 2 heterocycles. The van der Waals surface area contributed by atoms with Gasteiger partial charge in [0.2, 0.25) is 0 Å². The minimum absolute atomic E-state index is 0.0398. The summed E-state index contributed by atoms with van der Waals surface area (Å²) in [7, 11) is 0. The van der Waals surface area contributed by atoms with Crippen molar-refractivity contribution in [1.82, 2.24) is 0 Å². The number of hydrogen-bond acceptors (Lipinski definition) is 4. The molecule has 0 radical (unpaired) electrons. The zero-order chi connectivity index (χ0) is 13.3. The molecule has 0 saturated heterocycles.